The Morgan fingerprint density at radius 2 is 2.12 bits per heavy atom. The first-order chi connectivity index (χ1) is 11.5. The smallest absolute Gasteiger partial charge is 0.306 e. The number of non-ortho nitro benzene ring substituents is 1. The van der Waals surface area contributed by atoms with Crippen LogP contribution in [0.15, 0.2) is 36.4 Å². The third kappa shape index (κ3) is 5.16. The summed E-state index contributed by atoms with van der Waals surface area (Å²) in [5, 5.41) is 10.6. The van der Waals surface area contributed by atoms with Crippen LogP contribution in [0, 0.1) is 27.9 Å². The van der Waals surface area contributed by atoms with E-state index < -0.39 is 4.92 Å². The third-order valence-corrected chi connectivity index (χ3v) is 4.34. The van der Waals surface area contributed by atoms with Gasteiger partial charge in [-0.3, -0.25) is 14.9 Å². The second-order valence-electron chi connectivity index (χ2n) is 6.07. The summed E-state index contributed by atoms with van der Waals surface area (Å²) in [4.78, 5) is 21.7. The van der Waals surface area contributed by atoms with Crippen molar-refractivity contribution in [1.82, 2.24) is 0 Å². The van der Waals surface area contributed by atoms with Crippen LogP contribution in [0.5, 0.6) is 0 Å². The number of allylic oxidation sites excluding steroid dienone is 2. The number of ether oxygens (including phenoxy) is 2. The molecule has 0 aromatic heterocycles. The molecule has 130 valence electrons. The molecule has 0 heterocycles. The highest BCUT2D eigenvalue weighted by atomic mass is 16.6. The first-order valence-corrected chi connectivity index (χ1v) is 8.05. The zero-order valence-electron chi connectivity index (χ0n) is 14.0. The molecule has 6 heteroatoms. The molecule has 2 rings (SSSR count). The van der Waals surface area contributed by atoms with Crippen molar-refractivity contribution < 1.29 is 19.2 Å². The van der Waals surface area contributed by atoms with Gasteiger partial charge in [-0.1, -0.05) is 12.2 Å². The molecule has 1 aromatic rings. The maximum atomic E-state index is 11.5. The van der Waals surface area contributed by atoms with Crippen molar-refractivity contribution in [3.05, 3.63) is 52.1 Å². The Morgan fingerprint density at radius 3 is 2.71 bits per heavy atom. The first-order valence-electron chi connectivity index (χ1n) is 8.05. The highest BCUT2D eigenvalue weighted by Crippen LogP contribution is 2.46. The minimum atomic E-state index is -0.415. The molecule has 24 heavy (non-hydrogen) atoms. The lowest BCUT2D eigenvalue weighted by Crippen LogP contribution is -2.12. The summed E-state index contributed by atoms with van der Waals surface area (Å²) in [6.45, 7) is 3.02. The van der Waals surface area contributed by atoms with Crippen molar-refractivity contribution in [2.75, 3.05) is 13.7 Å². The molecule has 1 aliphatic rings. The number of esters is 1. The number of carbonyl (C=O) groups excluding carboxylic acids is 1. The Labute approximate surface area is 141 Å². The summed E-state index contributed by atoms with van der Waals surface area (Å²) in [7, 11) is 1.41. The number of hydrogen-bond donors (Lipinski definition) is 0. The molecular formula is C18H23NO5. The molecule has 0 amide bonds. The van der Waals surface area contributed by atoms with Gasteiger partial charge in [-0.2, -0.15) is 0 Å². The molecule has 0 aliphatic heterocycles. The van der Waals surface area contributed by atoms with E-state index in [-0.39, 0.29) is 17.6 Å². The van der Waals surface area contributed by atoms with E-state index in [4.69, 9.17) is 9.47 Å². The summed E-state index contributed by atoms with van der Waals surface area (Å²) in [5.74, 6) is 0.928. The van der Waals surface area contributed by atoms with E-state index in [2.05, 4.69) is 6.08 Å². The highest BCUT2D eigenvalue weighted by Gasteiger charge is 2.42. The van der Waals surface area contributed by atoms with Crippen LogP contribution >= 0.6 is 0 Å². The predicted octanol–water partition coefficient (Wildman–Crippen LogP) is 3.50. The second-order valence-corrected chi connectivity index (χ2v) is 6.07. The maximum absolute atomic E-state index is 11.5. The quantitative estimate of drug-likeness (QED) is 0.299. The van der Waals surface area contributed by atoms with Gasteiger partial charge in [0.05, 0.1) is 31.7 Å². The van der Waals surface area contributed by atoms with Crippen molar-refractivity contribution in [3.63, 3.8) is 0 Å². The van der Waals surface area contributed by atoms with Crippen LogP contribution in [0.25, 0.3) is 0 Å². The Kier molecular flexibility index (Phi) is 6.49. The monoisotopic (exact) mass is 333 g/mol. The summed E-state index contributed by atoms with van der Waals surface area (Å²) < 4.78 is 10.5. The van der Waals surface area contributed by atoms with Crippen molar-refractivity contribution in [2.45, 2.75) is 26.4 Å². The van der Waals surface area contributed by atoms with Crippen LogP contribution in [-0.2, 0) is 20.9 Å². The average molecular weight is 333 g/mol. The summed E-state index contributed by atoms with van der Waals surface area (Å²) in [6, 6.07) is 6.39. The lowest BCUT2D eigenvalue weighted by Gasteiger charge is -2.11. The molecule has 1 saturated carbocycles. The van der Waals surface area contributed by atoms with Crippen molar-refractivity contribution in [1.29, 1.82) is 0 Å². The van der Waals surface area contributed by atoms with Crippen LogP contribution in [0.1, 0.15) is 25.3 Å². The first kappa shape index (κ1) is 18.1. The van der Waals surface area contributed by atoms with Crippen LogP contribution in [0.2, 0.25) is 0 Å². The Morgan fingerprint density at radius 1 is 1.42 bits per heavy atom. The van der Waals surface area contributed by atoms with Gasteiger partial charge in [0.2, 0.25) is 0 Å². The minimum Gasteiger partial charge on any atom is -0.469 e. The van der Waals surface area contributed by atoms with Gasteiger partial charge in [-0.25, -0.2) is 0 Å². The van der Waals surface area contributed by atoms with E-state index in [0.717, 1.165) is 12.0 Å². The SMILES string of the molecule is C/C=C/[C@@H](CC(=O)OC)[C@H]1C[C@@H]1COCc1ccc([N+](=O)[O-])cc1. The largest absolute Gasteiger partial charge is 0.469 e. The molecule has 0 N–H and O–H groups in total. The van der Waals surface area contributed by atoms with Gasteiger partial charge < -0.3 is 9.47 Å². The molecule has 1 aliphatic carbocycles. The van der Waals surface area contributed by atoms with Gasteiger partial charge in [0.25, 0.3) is 5.69 Å². The van der Waals surface area contributed by atoms with E-state index in [1.165, 1.54) is 19.2 Å². The topological polar surface area (TPSA) is 78.7 Å². The normalized spacial score (nSPS) is 20.8. The number of hydrogen-bond acceptors (Lipinski definition) is 5. The van der Waals surface area contributed by atoms with Gasteiger partial charge in [0, 0.05) is 12.1 Å². The lowest BCUT2D eigenvalue weighted by atomic mass is 9.97. The van der Waals surface area contributed by atoms with Crippen molar-refractivity contribution >= 4 is 11.7 Å². The molecule has 6 nitrogen and oxygen atoms in total. The molecule has 0 bridgehead atoms. The Hall–Kier alpha value is -2.21. The van der Waals surface area contributed by atoms with E-state index in [0.29, 0.717) is 31.5 Å². The third-order valence-electron chi connectivity index (χ3n) is 4.34. The fraction of sp³-hybridized carbons (Fsp3) is 0.500. The molecule has 0 unspecified atom stereocenters. The lowest BCUT2D eigenvalue weighted by molar-refractivity contribution is -0.384. The zero-order valence-corrected chi connectivity index (χ0v) is 14.0. The van der Waals surface area contributed by atoms with Gasteiger partial charge in [0.1, 0.15) is 0 Å². The van der Waals surface area contributed by atoms with Gasteiger partial charge >= 0.3 is 5.97 Å². The van der Waals surface area contributed by atoms with Gasteiger partial charge in [-0.15, -0.1) is 0 Å². The molecule has 1 aromatic carbocycles. The fourth-order valence-corrected chi connectivity index (χ4v) is 2.91. The number of benzene rings is 1. The van der Waals surface area contributed by atoms with Crippen molar-refractivity contribution in [2.24, 2.45) is 17.8 Å². The standard InChI is InChI=1S/C18H23NO5/c1-3-4-14(10-18(20)23-2)17-9-15(17)12-24-11-13-5-7-16(8-6-13)19(21)22/h3-8,14-15,17H,9-12H2,1-2H3/b4-3+/t14-,15+,17+/m0/s1. The van der Waals surface area contributed by atoms with E-state index >= 15 is 0 Å². The van der Waals surface area contributed by atoms with Crippen LogP contribution in [0.4, 0.5) is 5.69 Å². The molecule has 0 saturated heterocycles. The maximum Gasteiger partial charge on any atom is 0.306 e. The van der Waals surface area contributed by atoms with Gasteiger partial charge in [0.15, 0.2) is 0 Å². The predicted molar refractivity (Wildman–Crippen MR) is 89.3 cm³/mol. The number of carbonyl (C=O) groups is 1. The second kappa shape index (κ2) is 8.59. The Bertz CT molecular complexity index is 596. The number of nitro groups is 1. The number of rotatable bonds is 9. The van der Waals surface area contributed by atoms with Crippen LogP contribution in [0.3, 0.4) is 0 Å². The fourth-order valence-electron chi connectivity index (χ4n) is 2.91. The van der Waals surface area contributed by atoms with Crippen molar-refractivity contribution in [3.8, 4) is 0 Å². The highest BCUT2D eigenvalue weighted by molar-refractivity contribution is 5.69. The van der Waals surface area contributed by atoms with Crippen LogP contribution in [-0.4, -0.2) is 24.6 Å². The number of nitro benzene ring substituents is 1. The van der Waals surface area contributed by atoms with E-state index in [9.17, 15) is 14.9 Å². The molecule has 1 fully saturated rings. The van der Waals surface area contributed by atoms with E-state index in [1.807, 2.05) is 13.0 Å². The molecule has 0 radical (unpaired) electrons. The minimum absolute atomic E-state index is 0.0815. The zero-order chi connectivity index (χ0) is 17.5. The van der Waals surface area contributed by atoms with E-state index in [1.54, 1.807) is 12.1 Å². The number of nitrogens with zero attached hydrogens (tertiary/aromatic N) is 1. The summed E-state index contributed by atoms with van der Waals surface area (Å²) in [6.07, 6.45) is 5.50. The Balaban J connectivity index is 1.75. The molecule has 3 atom stereocenters. The summed E-state index contributed by atoms with van der Waals surface area (Å²) in [5.41, 5.74) is 0.996. The average Bonchev–Trinajstić information content (AvgIpc) is 3.34. The van der Waals surface area contributed by atoms with Gasteiger partial charge in [-0.05, 0) is 48.8 Å². The van der Waals surface area contributed by atoms with Crippen LogP contribution < -0.4 is 0 Å². The molecular weight excluding hydrogens is 310 g/mol. The number of methoxy groups -OCH3 is 1. The summed E-state index contributed by atoms with van der Waals surface area (Å²) >= 11 is 0. The molecule has 0 spiro atoms.